The van der Waals surface area contributed by atoms with Crippen LogP contribution in [0.1, 0.15) is 11.6 Å². The maximum absolute atomic E-state index is 5.40. The second kappa shape index (κ2) is 5.08. The van der Waals surface area contributed by atoms with E-state index in [0.29, 0.717) is 18.2 Å². The lowest BCUT2D eigenvalue weighted by Crippen LogP contribution is -1.98. The van der Waals surface area contributed by atoms with Crippen LogP contribution in [0.2, 0.25) is 0 Å². The summed E-state index contributed by atoms with van der Waals surface area (Å²) in [6.07, 6.45) is 5.12. The zero-order valence-corrected chi connectivity index (χ0v) is 8.07. The molecule has 5 nitrogen and oxygen atoms in total. The molecule has 0 atom stereocenters. The molecule has 0 radical (unpaired) electrons. The van der Waals surface area contributed by atoms with Gasteiger partial charge in [0.2, 0.25) is 0 Å². The molecular weight excluding hydrogens is 178 g/mol. The van der Waals surface area contributed by atoms with Crippen molar-refractivity contribution in [2.75, 3.05) is 7.05 Å². The van der Waals surface area contributed by atoms with Crippen LogP contribution in [0.15, 0.2) is 23.7 Å². The standard InChI is InChI=1S/C9H13N5/c1-3-4-7(6-11-2)9-12-8(5-10)13-14-9/h3-4,6H,1,5,10H2,2H3,(H,12,13,14)/b7-4+,11-6?. The molecule has 0 aliphatic heterocycles. The zero-order chi connectivity index (χ0) is 10.4. The number of nitrogens with zero attached hydrogens (tertiary/aromatic N) is 3. The van der Waals surface area contributed by atoms with Crippen molar-refractivity contribution in [3.63, 3.8) is 0 Å². The second-order valence-electron chi connectivity index (χ2n) is 2.55. The Morgan fingerprint density at radius 2 is 2.50 bits per heavy atom. The summed E-state index contributed by atoms with van der Waals surface area (Å²) in [6.45, 7) is 3.95. The number of hydrogen-bond donors (Lipinski definition) is 2. The molecule has 0 saturated carbocycles. The van der Waals surface area contributed by atoms with E-state index < -0.39 is 0 Å². The fourth-order valence-electron chi connectivity index (χ4n) is 0.957. The highest BCUT2D eigenvalue weighted by molar-refractivity contribution is 6.08. The Hall–Kier alpha value is -1.75. The molecule has 1 aromatic heterocycles. The molecule has 1 rings (SSSR count). The average Bonchev–Trinajstić information content (AvgIpc) is 2.65. The van der Waals surface area contributed by atoms with Crippen LogP contribution < -0.4 is 5.73 Å². The summed E-state index contributed by atoms with van der Waals surface area (Å²) in [5.41, 5.74) is 6.21. The minimum Gasteiger partial charge on any atom is -0.324 e. The summed E-state index contributed by atoms with van der Waals surface area (Å²) in [7, 11) is 1.69. The van der Waals surface area contributed by atoms with Gasteiger partial charge in [0.25, 0.3) is 0 Å². The highest BCUT2D eigenvalue weighted by atomic mass is 15.2. The Morgan fingerprint density at radius 3 is 3.00 bits per heavy atom. The molecule has 74 valence electrons. The van der Waals surface area contributed by atoms with Crippen LogP contribution in [0.4, 0.5) is 0 Å². The fourth-order valence-corrected chi connectivity index (χ4v) is 0.957. The molecule has 0 bridgehead atoms. The van der Waals surface area contributed by atoms with Gasteiger partial charge in [-0.2, -0.15) is 5.10 Å². The summed E-state index contributed by atoms with van der Waals surface area (Å²) in [5, 5.41) is 6.73. The predicted molar refractivity (Wildman–Crippen MR) is 56.9 cm³/mol. The number of rotatable bonds is 4. The van der Waals surface area contributed by atoms with Crippen molar-refractivity contribution in [3.05, 3.63) is 30.4 Å². The van der Waals surface area contributed by atoms with Crippen LogP contribution in [0.25, 0.3) is 5.57 Å². The highest BCUT2D eigenvalue weighted by Gasteiger charge is 2.04. The molecule has 0 saturated heterocycles. The van der Waals surface area contributed by atoms with E-state index in [9.17, 15) is 0 Å². The van der Waals surface area contributed by atoms with E-state index in [4.69, 9.17) is 5.73 Å². The molecule has 5 heteroatoms. The van der Waals surface area contributed by atoms with Crippen molar-refractivity contribution in [1.82, 2.24) is 15.2 Å². The van der Waals surface area contributed by atoms with Crippen LogP contribution in [0.5, 0.6) is 0 Å². The lowest BCUT2D eigenvalue weighted by molar-refractivity contribution is 0.917. The number of aromatic amines is 1. The monoisotopic (exact) mass is 191 g/mol. The summed E-state index contributed by atoms with van der Waals surface area (Å²) in [6, 6.07) is 0. The van der Waals surface area contributed by atoms with Crippen molar-refractivity contribution in [1.29, 1.82) is 0 Å². The molecule has 0 unspecified atom stereocenters. The van der Waals surface area contributed by atoms with E-state index in [0.717, 1.165) is 5.57 Å². The van der Waals surface area contributed by atoms with Crippen molar-refractivity contribution < 1.29 is 0 Å². The Kier molecular flexibility index (Phi) is 3.75. The first-order valence-corrected chi connectivity index (χ1v) is 4.18. The number of nitrogens with one attached hydrogen (secondary N) is 1. The quantitative estimate of drug-likeness (QED) is 0.538. The van der Waals surface area contributed by atoms with Gasteiger partial charge in [0, 0.05) is 18.8 Å². The Bertz CT molecular complexity index is 361. The fraction of sp³-hybridized carbons (Fsp3) is 0.222. The molecule has 0 spiro atoms. The number of H-pyrrole nitrogens is 1. The molecule has 0 aliphatic rings. The van der Waals surface area contributed by atoms with Crippen LogP contribution >= 0.6 is 0 Å². The van der Waals surface area contributed by atoms with Gasteiger partial charge in [0.1, 0.15) is 5.82 Å². The maximum Gasteiger partial charge on any atom is 0.182 e. The van der Waals surface area contributed by atoms with Gasteiger partial charge in [0.15, 0.2) is 5.82 Å². The zero-order valence-electron chi connectivity index (χ0n) is 8.07. The van der Waals surface area contributed by atoms with Gasteiger partial charge in [-0.05, 0) is 0 Å². The van der Waals surface area contributed by atoms with Gasteiger partial charge >= 0.3 is 0 Å². The lowest BCUT2D eigenvalue weighted by Gasteiger charge is -1.91. The first-order chi connectivity index (χ1) is 6.81. The summed E-state index contributed by atoms with van der Waals surface area (Å²) in [4.78, 5) is 8.07. The minimum absolute atomic E-state index is 0.345. The van der Waals surface area contributed by atoms with Gasteiger partial charge in [-0.25, -0.2) is 4.98 Å². The van der Waals surface area contributed by atoms with Gasteiger partial charge in [-0.1, -0.05) is 18.7 Å². The summed E-state index contributed by atoms with van der Waals surface area (Å²) in [5.74, 6) is 1.23. The number of hydrogen-bond acceptors (Lipinski definition) is 4. The minimum atomic E-state index is 0.345. The first-order valence-electron chi connectivity index (χ1n) is 4.18. The van der Waals surface area contributed by atoms with Crippen LogP contribution in [-0.4, -0.2) is 28.4 Å². The largest absolute Gasteiger partial charge is 0.324 e. The topological polar surface area (TPSA) is 80.0 Å². The number of aromatic nitrogens is 3. The van der Waals surface area contributed by atoms with E-state index in [1.807, 2.05) is 0 Å². The lowest BCUT2D eigenvalue weighted by atomic mass is 10.2. The molecule has 0 aliphatic carbocycles. The number of allylic oxidation sites excluding steroid dienone is 3. The number of aliphatic imine (C=N–C) groups is 1. The Balaban J connectivity index is 2.99. The van der Waals surface area contributed by atoms with E-state index in [1.54, 1.807) is 25.4 Å². The molecule has 0 amide bonds. The molecular formula is C9H13N5. The normalized spacial score (nSPS) is 12.3. The van der Waals surface area contributed by atoms with E-state index in [-0.39, 0.29) is 0 Å². The van der Waals surface area contributed by atoms with Gasteiger partial charge in [0.05, 0.1) is 6.54 Å². The SMILES string of the molecule is C=C/C=C(\C=NC)c1n[nH]c(CN)n1. The third-order valence-electron chi connectivity index (χ3n) is 1.55. The molecule has 0 fully saturated rings. The smallest absolute Gasteiger partial charge is 0.182 e. The number of nitrogens with two attached hydrogens (primary N) is 1. The maximum atomic E-state index is 5.40. The molecule has 0 aromatic carbocycles. The van der Waals surface area contributed by atoms with E-state index in [2.05, 4.69) is 26.8 Å². The molecule has 3 N–H and O–H groups in total. The van der Waals surface area contributed by atoms with Gasteiger partial charge in [-0.15, -0.1) is 0 Å². The first kappa shape index (κ1) is 10.3. The van der Waals surface area contributed by atoms with Crippen molar-refractivity contribution in [2.24, 2.45) is 10.7 Å². The highest BCUT2D eigenvalue weighted by Crippen LogP contribution is 2.06. The van der Waals surface area contributed by atoms with Gasteiger partial charge in [-0.3, -0.25) is 10.1 Å². The van der Waals surface area contributed by atoms with Gasteiger partial charge < -0.3 is 5.73 Å². The summed E-state index contributed by atoms with van der Waals surface area (Å²) < 4.78 is 0. The van der Waals surface area contributed by atoms with Crippen LogP contribution in [0.3, 0.4) is 0 Å². The van der Waals surface area contributed by atoms with E-state index >= 15 is 0 Å². The molecule has 1 aromatic rings. The predicted octanol–water partition coefficient (Wildman–Crippen LogP) is 0.533. The third-order valence-corrected chi connectivity index (χ3v) is 1.55. The average molecular weight is 191 g/mol. The van der Waals surface area contributed by atoms with E-state index in [1.165, 1.54) is 0 Å². The van der Waals surface area contributed by atoms with Crippen LogP contribution in [0, 0.1) is 0 Å². The van der Waals surface area contributed by atoms with Crippen molar-refractivity contribution in [3.8, 4) is 0 Å². The summed E-state index contributed by atoms with van der Waals surface area (Å²) >= 11 is 0. The van der Waals surface area contributed by atoms with Crippen LogP contribution in [-0.2, 0) is 6.54 Å². The Morgan fingerprint density at radius 1 is 1.71 bits per heavy atom. The molecule has 14 heavy (non-hydrogen) atoms. The van der Waals surface area contributed by atoms with Crippen molar-refractivity contribution in [2.45, 2.75) is 6.54 Å². The van der Waals surface area contributed by atoms with Crippen molar-refractivity contribution >= 4 is 11.8 Å². The second-order valence-corrected chi connectivity index (χ2v) is 2.55. The molecule has 1 heterocycles. The Labute approximate surface area is 82.5 Å². The third kappa shape index (κ3) is 2.37.